The average Bonchev–Trinajstić information content (AvgIpc) is 3.40. The quantitative estimate of drug-likeness (QED) is 0.626. The molecule has 0 unspecified atom stereocenters. The Morgan fingerprint density at radius 3 is 2.59 bits per heavy atom. The van der Waals surface area contributed by atoms with Crippen molar-refractivity contribution >= 4 is 23.4 Å². The summed E-state index contributed by atoms with van der Waals surface area (Å²) in [5, 5.41) is 2.86. The molecule has 2 saturated heterocycles. The molecule has 1 aromatic carbocycles. The molecule has 3 rings (SSSR count). The maximum Gasteiger partial charge on any atom is 0.260 e. The number of carbonyl (C=O) groups excluding carboxylic acids is 3. The van der Waals surface area contributed by atoms with E-state index in [1.807, 2.05) is 4.90 Å². The summed E-state index contributed by atoms with van der Waals surface area (Å²) in [5.74, 6) is 0.0670. The highest BCUT2D eigenvalue weighted by atomic mass is 16.5. The van der Waals surface area contributed by atoms with E-state index in [1.54, 1.807) is 36.3 Å². The molecule has 158 valence electrons. The number of anilines is 1. The Balaban J connectivity index is 1.48. The number of hydrogen-bond donors (Lipinski definition) is 1. The first-order valence-electron chi connectivity index (χ1n) is 10.2. The van der Waals surface area contributed by atoms with E-state index in [0.717, 1.165) is 38.0 Å². The average molecular weight is 403 g/mol. The highest BCUT2D eigenvalue weighted by molar-refractivity contribution is 6.00. The highest BCUT2D eigenvalue weighted by Crippen LogP contribution is 2.27. The Bertz CT molecular complexity index is 716. The van der Waals surface area contributed by atoms with Crippen LogP contribution in [0.15, 0.2) is 24.3 Å². The fraction of sp³-hybridized carbons (Fsp3) is 0.571. The number of amides is 3. The predicted molar refractivity (Wildman–Crippen MR) is 108 cm³/mol. The first-order valence-corrected chi connectivity index (χ1v) is 10.2. The first-order chi connectivity index (χ1) is 14.1. The van der Waals surface area contributed by atoms with Crippen LogP contribution in [0.4, 0.5) is 5.69 Å². The molecule has 2 heterocycles. The maximum absolute atomic E-state index is 12.4. The maximum atomic E-state index is 12.4. The van der Waals surface area contributed by atoms with Crippen LogP contribution in [0.3, 0.4) is 0 Å². The lowest BCUT2D eigenvalue weighted by Gasteiger charge is -2.18. The number of carbonyl (C=O) groups is 3. The van der Waals surface area contributed by atoms with E-state index < -0.39 is 0 Å². The number of nitrogens with zero attached hydrogens (tertiary/aromatic N) is 2. The summed E-state index contributed by atoms with van der Waals surface area (Å²) in [5.41, 5.74) is 0.725. The van der Waals surface area contributed by atoms with Crippen molar-refractivity contribution in [1.29, 1.82) is 0 Å². The van der Waals surface area contributed by atoms with Gasteiger partial charge in [0.05, 0.1) is 5.92 Å². The summed E-state index contributed by atoms with van der Waals surface area (Å²) in [6.45, 7) is 3.13. The lowest BCUT2D eigenvalue weighted by atomic mass is 10.1. The molecule has 0 spiro atoms. The Morgan fingerprint density at radius 2 is 1.90 bits per heavy atom. The van der Waals surface area contributed by atoms with Crippen LogP contribution in [0.1, 0.15) is 25.7 Å². The van der Waals surface area contributed by atoms with Gasteiger partial charge in [-0.3, -0.25) is 14.4 Å². The third-order valence-corrected chi connectivity index (χ3v) is 5.29. The lowest BCUT2D eigenvalue weighted by Crippen LogP contribution is -2.33. The molecule has 0 radical (unpaired) electrons. The molecule has 1 aromatic rings. The largest absolute Gasteiger partial charge is 0.484 e. The van der Waals surface area contributed by atoms with Gasteiger partial charge < -0.3 is 24.6 Å². The number of ether oxygens (including phenoxy) is 2. The van der Waals surface area contributed by atoms with Crippen molar-refractivity contribution in [2.45, 2.75) is 25.7 Å². The van der Waals surface area contributed by atoms with E-state index in [4.69, 9.17) is 9.47 Å². The zero-order chi connectivity index (χ0) is 20.6. The van der Waals surface area contributed by atoms with Crippen molar-refractivity contribution in [2.75, 3.05) is 51.4 Å². The molecular weight excluding hydrogens is 374 g/mol. The zero-order valence-electron chi connectivity index (χ0n) is 16.9. The molecule has 2 aliphatic heterocycles. The second kappa shape index (κ2) is 10.2. The molecule has 0 bridgehead atoms. The Kier molecular flexibility index (Phi) is 7.46. The van der Waals surface area contributed by atoms with E-state index in [0.29, 0.717) is 25.4 Å². The minimum Gasteiger partial charge on any atom is -0.484 e. The molecule has 0 aromatic heterocycles. The van der Waals surface area contributed by atoms with Gasteiger partial charge in [-0.25, -0.2) is 0 Å². The zero-order valence-corrected chi connectivity index (χ0v) is 16.9. The van der Waals surface area contributed by atoms with Gasteiger partial charge in [0.1, 0.15) is 5.75 Å². The predicted octanol–water partition coefficient (Wildman–Crippen LogP) is 1.19. The van der Waals surface area contributed by atoms with Gasteiger partial charge >= 0.3 is 0 Å². The summed E-state index contributed by atoms with van der Waals surface area (Å²) in [6.07, 6.45) is 3.06. The van der Waals surface area contributed by atoms with Gasteiger partial charge in [0, 0.05) is 52.0 Å². The standard InChI is InChI=1S/C21H29N3O5/c1-28-12-4-9-22-21(27)16-13-19(25)24(14-16)17-5-7-18(8-6-17)29-15-20(26)23-10-2-3-11-23/h5-8,16H,2-4,9-15H2,1H3,(H,22,27)/t16-/m1/s1. The van der Waals surface area contributed by atoms with E-state index in [1.165, 1.54) is 0 Å². The van der Waals surface area contributed by atoms with Crippen molar-refractivity contribution in [1.82, 2.24) is 10.2 Å². The molecule has 0 aliphatic carbocycles. The fourth-order valence-corrected chi connectivity index (χ4v) is 3.63. The van der Waals surface area contributed by atoms with E-state index >= 15 is 0 Å². The Morgan fingerprint density at radius 1 is 1.17 bits per heavy atom. The normalized spacial score (nSPS) is 18.9. The lowest BCUT2D eigenvalue weighted by molar-refractivity contribution is -0.132. The Labute approximate surface area is 171 Å². The van der Waals surface area contributed by atoms with E-state index in [2.05, 4.69) is 5.32 Å². The van der Waals surface area contributed by atoms with Crippen molar-refractivity contribution < 1.29 is 23.9 Å². The van der Waals surface area contributed by atoms with Crippen molar-refractivity contribution in [3.8, 4) is 5.75 Å². The number of rotatable bonds is 9. The van der Waals surface area contributed by atoms with Gasteiger partial charge in [0.2, 0.25) is 11.8 Å². The second-order valence-electron chi connectivity index (χ2n) is 7.41. The van der Waals surface area contributed by atoms with Crippen LogP contribution in [0.25, 0.3) is 0 Å². The summed E-state index contributed by atoms with van der Waals surface area (Å²) in [4.78, 5) is 40.1. The smallest absolute Gasteiger partial charge is 0.260 e. The molecule has 3 amide bonds. The molecule has 8 heteroatoms. The summed E-state index contributed by atoms with van der Waals surface area (Å²) in [7, 11) is 1.62. The minimum absolute atomic E-state index is 0.000602. The van der Waals surface area contributed by atoms with Crippen LogP contribution in [-0.4, -0.2) is 69.1 Å². The third kappa shape index (κ3) is 5.69. The SMILES string of the molecule is COCCCNC(=O)[C@@H]1CC(=O)N(c2ccc(OCC(=O)N3CCCC3)cc2)C1. The second-order valence-corrected chi connectivity index (χ2v) is 7.41. The minimum atomic E-state index is -0.348. The molecule has 2 aliphatic rings. The van der Waals surface area contributed by atoms with Crippen molar-refractivity contribution in [2.24, 2.45) is 5.92 Å². The van der Waals surface area contributed by atoms with Gasteiger partial charge in [-0.15, -0.1) is 0 Å². The van der Waals surface area contributed by atoms with Crippen LogP contribution in [0.5, 0.6) is 5.75 Å². The monoisotopic (exact) mass is 403 g/mol. The summed E-state index contributed by atoms with van der Waals surface area (Å²) < 4.78 is 10.5. The van der Waals surface area contributed by atoms with Gasteiger partial charge in [-0.1, -0.05) is 0 Å². The van der Waals surface area contributed by atoms with Crippen LogP contribution in [0.2, 0.25) is 0 Å². The fourth-order valence-electron chi connectivity index (χ4n) is 3.63. The molecule has 2 fully saturated rings. The molecule has 1 atom stereocenters. The molecule has 0 saturated carbocycles. The number of nitrogens with one attached hydrogen (secondary N) is 1. The number of benzene rings is 1. The third-order valence-electron chi connectivity index (χ3n) is 5.29. The van der Waals surface area contributed by atoms with Crippen LogP contribution in [0, 0.1) is 5.92 Å². The van der Waals surface area contributed by atoms with E-state index in [-0.39, 0.29) is 36.7 Å². The van der Waals surface area contributed by atoms with Crippen LogP contribution >= 0.6 is 0 Å². The molecular formula is C21H29N3O5. The molecule has 8 nitrogen and oxygen atoms in total. The van der Waals surface area contributed by atoms with Gasteiger partial charge in [-0.05, 0) is 43.5 Å². The van der Waals surface area contributed by atoms with Crippen molar-refractivity contribution in [3.63, 3.8) is 0 Å². The van der Waals surface area contributed by atoms with Gasteiger partial charge in [0.25, 0.3) is 5.91 Å². The number of methoxy groups -OCH3 is 1. The highest BCUT2D eigenvalue weighted by Gasteiger charge is 2.34. The van der Waals surface area contributed by atoms with Gasteiger partial charge in [0.15, 0.2) is 6.61 Å². The topological polar surface area (TPSA) is 88.2 Å². The summed E-state index contributed by atoms with van der Waals surface area (Å²) >= 11 is 0. The van der Waals surface area contributed by atoms with Crippen molar-refractivity contribution in [3.05, 3.63) is 24.3 Å². The first kappa shape index (κ1) is 21.1. The van der Waals surface area contributed by atoms with E-state index in [9.17, 15) is 14.4 Å². The number of likely N-dealkylation sites (tertiary alicyclic amines) is 1. The molecule has 1 N–H and O–H groups in total. The molecule has 29 heavy (non-hydrogen) atoms. The number of hydrogen-bond acceptors (Lipinski definition) is 5. The Hall–Kier alpha value is -2.61. The van der Waals surface area contributed by atoms with Gasteiger partial charge in [-0.2, -0.15) is 0 Å². The summed E-state index contributed by atoms with van der Waals surface area (Å²) in [6, 6.07) is 7.06. The van der Waals surface area contributed by atoms with Crippen LogP contribution < -0.4 is 15.0 Å². The van der Waals surface area contributed by atoms with Crippen LogP contribution in [-0.2, 0) is 19.1 Å².